The molecule has 35 heavy (non-hydrogen) atoms. The van der Waals surface area contributed by atoms with Crippen molar-refractivity contribution in [1.29, 1.82) is 0 Å². The third kappa shape index (κ3) is 5.09. The molecule has 2 amide bonds. The van der Waals surface area contributed by atoms with Gasteiger partial charge >= 0.3 is 6.03 Å². The average Bonchev–Trinajstić information content (AvgIpc) is 3.49. The van der Waals surface area contributed by atoms with Gasteiger partial charge in [0.2, 0.25) is 0 Å². The van der Waals surface area contributed by atoms with Gasteiger partial charge in [0.25, 0.3) is 0 Å². The number of ether oxygens (including phenoxy) is 1. The Morgan fingerprint density at radius 3 is 2.49 bits per heavy atom. The van der Waals surface area contributed by atoms with Gasteiger partial charge in [-0.1, -0.05) is 48.5 Å². The lowest BCUT2D eigenvalue weighted by Crippen LogP contribution is -2.42. The number of nitrogens with zero attached hydrogens (tertiary/aromatic N) is 3. The van der Waals surface area contributed by atoms with Gasteiger partial charge in [-0.25, -0.2) is 17.9 Å². The molecule has 0 radical (unpaired) electrons. The van der Waals surface area contributed by atoms with Crippen molar-refractivity contribution < 1.29 is 17.9 Å². The maximum atomic E-state index is 13.3. The lowest BCUT2D eigenvalue weighted by molar-refractivity contribution is 0.159. The molecule has 3 aromatic rings. The Balaban J connectivity index is 1.38. The Morgan fingerprint density at radius 1 is 1.06 bits per heavy atom. The largest absolute Gasteiger partial charge is 0.383 e. The van der Waals surface area contributed by atoms with Gasteiger partial charge in [-0.05, 0) is 17.7 Å². The van der Waals surface area contributed by atoms with Crippen molar-refractivity contribution in [1.82, 2.24) is 20.0 Å². The summed E-state index contributed by atoms with van der Waals surface area (Å²) < 4.78 is 31.3. The second-order valence-corrected chi connectivity index (χ2v) is 11.1. The van der Waals surface area contributed by atoms with Crippen LogP contribution in [0.5, 0.6) is 0 Å². The molecule has 0 aliphatic carbocycles. The number of sulfone groups is 1. The lowest BCUT2D eigenvalue weighted by Gasteiger charge is -2.21. The summed E-state index contributed by atoms with van der Waals surface area (Å²) in [6, 6.07) is 19.1. The highest BCUT2D eigenvalue weighted by atomic mass is 32.2. The molecule has 2 N–H and O–H groups in total. The number of aromatic nitrogens is 2. The Hall–Kier alpha value is -3.21. The molecule has 10 heteroatoms. The van der Waals surface area contributed by atoms with E-state index in [1.807, 2.05) is 48.5 Å². The number of anilines is 1. The van der Waals surface area contributed by atoms with Crippen molar-refractivity contribution in [2.45, 2.75) is 23.5 Å². The van der Waals surface area contributed by atoms with Crippen molar-refractivity contribution in [3.63, 3.8) is 0 Å². The van der Waals surface area contributed by atoms with Gasteiger partial charge in [-0.15, -0.1) is 0 Å². The quantitative estimate of drug-likeness (QED) is 0.522. The SMILES string of the molecule is COCCN1C[C@@H](NC(=O)Nc2c3c(nn2-c2ccccc2)CS(=O)(=O)C3)[C@H](c2ccccc2)C1. The van der Waals surface area contributed by atoms with Crippen molar-refractivity contribution in [2.75, 3.05) is 38.7 Å². The molecule has 1 saturated heterocycles. The zero-order valence-electron chi connectivity index (χ0n) is 19.6. The fourth-order valence-corrected chi connectivity index (χ4v) is 6.41. The summed E-state index contributed by atoms with van der Waals surface area (Å²) in [5, 5.41) is 10.6. The highest BCUT2D eigenvalue weighted by molar-refractivity contribution is 7.90. The first-order valence-corrected chi connectivity index (χ1v) is 13.5. The Morgan fingerprint density at radius 2 is 1.77 bits per heavy atom. The molecule has 2 aliphatic heterocycles. The molecule has 5 rings (SSSR count). The average molecular weight is 496 g/mol. The number of fused-ring (bicyclic) bond motifs is 1. The molecule has 3 heterocycles. The zero-order chi connectivity index (χ0) is 24.4. The third-order valence-electron chi connectivity index (χ3n) is 6.57. The number of para-hydroxylation sites is 1. The maximum Gasteiger partial charge on any atom is 0.320 e. The Kier molecular flexibility index (Phi) is 6.59. The van der Waals surface area contributed by atoms with Crippen LogP contribution in [0.1, 0.15) is 22.7 Å². The van der Waals surface area contributed by atoms with Crippen molar-refractivity contribution in [3.8, 4) is 5.69 Å². The lowest BCUT2D eigenvalue weighted by atomic mass is 9.94. The van der Waals surface area contributed by atoms with E-state index in [4.69, 9.17) is 4.74 Å². The molecule has 1 aromatic heterocycles. The van der Waals surface area contributed by atoms with E-state index < -0.39 is 9.84 Å². The van der Waals surface area contributed by atoms with E-state index >= 15 is 0 Å². The minimum Gasteiger partial charge on any atom is -0.383 e. The summed E-state index contributed by atoms with van der Waals surface area (Å²) in [5.74, 6) is 0.274. The first kappa shape index (κ1) is 23.5. The smallest absolute Gasteiger partial charge is 0.320 e. The number of nitrogens with one attached hydrogen (secondary N) is 2. The summed E-state index contributed by atoms with van der Waals surface area (Å²) >= 11 is 0. The van der Waals surface area contributed by atoms with E-state index in [0.717, 1.165) is 18.8 Å². The summed E-state index contributed by atoms with van der Waals surface area (Å²) in [6.45, 7) is 2.91. The number of methoxy groups -OCH3 is 1. The maximum absolute atomic E-state index is 13.3. The van der Waals surface area contributed by atoms with Crippen LogP contribution in [0.25, 0.3) is 5.69 Å². The van der Waals surface area contributed by atoms with Crippen molar-refractivity contribution >= 4 is 21.7 Å². The molecule has 1 fully saturated rings. The van der Waals surface area contributed by atoms with Crippen molar-refractivity contribution in [2.24, 2.45) is 0 Å². The van der Waals surface area contributed by atoms with E-state index in [9.17, 15) is 13.2 Å². The number of amides is 2. The van der Waals surface area contributed by atoms with Gasteiger partial charge in [0, 0.05) is 38.2 Å². The van der Waals surface area contributed by atoms with E-state index in [-0.39, 0.29) is 29.5 Å². The van der Waals surface area contributed by atoms with Crippen LogP contribution < -0.4 is 10.6 Å². The summed E-state index contributed by atoms with van der Waals surface area (Å²) in [5.41, 5.74) is 2.96. The van der Waals surface area contributed by atoms with Gasteiger partial charge in [0.1, 0.15) is 5.82 Å². The van der Waals surface area contributed by atoms with Gasteiger partial charge in [0.15, 0.2) is 9.84 Å². The first-order chi connectivity index (χ1) is 16.9. The minimum absolute atomic E-state index is 0.112. The first-order valence-electron chi connectivity index (χ1n) is 11.6. The molecule has 0 unspecified atom stereocenters. The molecule has 0 spiro atoms. The van der Waals surface area contributed by atoms with Gasteiger partial charge in [0.05, 0.1) is 35.5 Å². The van der Waals surface area contributed by atoms with Crippen LogP contribution in [0.2, 0.25) is 0 Å². The minimum atomic E-state index is -3.27. The van der Waals surface area contributed by atoms with Crippen LogP contribution in [-0.2, 0) is 26.1 Å². The fraction of sp³-hybridized carbons (Fsp3) is 0.360. The number of urea groups is 1. The van der Waals surface area contributed by atoms with Crippen LogP contribution in [0.15, 0.2) is 60.7 Å². The summed E-state index contributed by atoms with van der Waals surface area (Å²) in [4.78, 5) is 15.5. The van der Waals surface area contributed by atoms with Gasteiger partial charge < -0.3 is 10.1 Å². The molecular formula is C25H29N5O4S. The van der Waals surface area contributed by atoms with Crippen LogP contribution in [0, 0.1) is 0 Å². The van der Waals surface area contributed by atoms with Gasteiger partial charge in [-0.2, -0.15) is 5.10 Å². The Bertz CT molecular complexity index is 1290. The molecule has 184 valence electrons. The molecule has 2 atom stereocenters. The normalized spacial score (nSPS) is 21.1. The van der Waals surface area contributed by atoms with Crippen LogP contribution in [0.3, 0.4) is 0 Å². The number of hydrogen-bond donors (Lipinski definition) is 2. The molecule has 2 aromatic carbocycles. The molecule has 0 saturated carbocycles. The number of rotatable bonds is 7. The number of benzene rings is 2. The second-order valence-electron chi connectivity index (χ2n) is 9.03. The van der Waals surface area contributed by atoms with E-state index in [1.54, 1.807) is 11.8 Å². The predicted octanol–water partition coefficient (Wildman–Crippen LogP) is 2.54. The highest BCUT2D eigenvalue weighted by Gasteiger charge is 2.36. The number of likely N-dealkylation sites (tertiary alicyclic amines) is 1. The second kappa shape index (κ2) is 9.80. The monoisotopic (exact) mass is 495 g/mol. The number of hydrogen-bond acceptors (Lipinski definition) is 6. The summed E-state index contributed by atoms with van der Waals surface area (Å²) in [6.07, 6.45) is 0. The van der Waals surface area contributed by atoms with Crippen LogP contribution in [-0.4, -0.2) is 68.5 Å². The number of carbonyl (C=O) groups is 1. The van der Waals surface area contributed by atoms with Crippen LogP contribution in [0.4, 0.5) is 10.6 Å². The molecular weight excluding hydrogens is 466 g/mol. The number of carbonyl (C=O) groups excluding carboxylic acids is 1. The Labute approximate surface area is 205 Å². The van der Waals surface area contributed by atoms with E-state index in [1.165, 1.54) is 5.56 Å². The topological polar surface area (TPSA) is 106 Å². The molecule has 2 aliphatic rings. The highest BCUT2D eigenvalue weighted by Crippen LogP contribution is 2.33. The standard InChI is InChI=1S/C25H29N5O4S/c1-34-13-12-29-14-20(18-8-4-2-5-9-18)22(15-29)26-25(31)27-24-21-16-35(32,33)17-23(21)28-30(24)19-10-6-3-7-11-19/h2-11,20,22H,12-17H2,1H3,(H2,26,27,31)/t20-,22+/m0/s1. The van der Waals surface area contributed by atoms with Crippen LogP contribution >= 0.6 is 0 Å². The van der Waals surface area contributed by atoms with Crippen molar-refractivity contribution in [3.05, 3.63) is 77.5 Å². The van der Waals surface area contributed by atoms with E-state index in [2.05, 4.69) is 32.8 Å². The molecule has 9 nitrogen and oxygen atoms in total. The third-order valence-corrected chi connectivity index (χ3v) is 8.01. The zero-order valence-corrected chi connectivity index (χ0v) is 20.4. The van der Waals surface area contributed by atoms with E-state index in [0.29, 0.717) is 30.2 Å². The molecule has 0 bridgehead atoms. The van der Waals surface area contributed by atoms with Gasteiger partial charge in [-0.3, -0.25) is 10.2 Å². The predicted molar refractivity (Wildman–Crippen MR) is 133 cm³/mol. The summed E-state index contributed by atoms with van der Waals surface area (Å²) in [7, 11) is -1.59. The fourth-order valence-electron chi connectivity index (χ4n) is 4.91.